The molecule has 0 bridgehead atoms. The van der Waals surface area contributed by atoms with E-state index in [4.69, 9.17) is 10.2 Å². The summed E-state index contributed by atoms with van der Waals surface area (Å²) in [4.78, 5) is 58.6. The average Bonchev–Trinajstić information content (AvgIpc) is 3.12. The van der Waals surface area contributed by atoms with Crippen LogP contribution < -0.4 is 21.3 Å². The molecule has 0 aromatic carbocycles. The number of amides is 3. The van der Waals surface area contributed by atoms with Gasteiger partial charge in [0.05, 0.1) is 12.5 Å². The largest absolute Gasteiger partial charge is 0.481 e. The molecule has 1 rings (SSSR count). The molecule has 11 heteroatoms. The molecule has 0 spiro atoms. The standard InChI is InChI=1S/C17H28N4O7/c1-8(2)13(21-15(25)10-5-4-6-18-10)16(26)19-9(3)14(24)20-11(17(27)28)7-12(22)23/h8-11,13,18H,4-7H2,1-3H3,(H,19,26)(H,20,24)(H,21,25)(H,22,23)(H,27,28). The molecule has 1 fully saturated rings. The van der Waals surface area contributed by atoms with Crippen LogP contribution in [0.3, 0.4) is 0 Å². The summed E-state index contributed by atoms with van der Waals surface area (Å²) in [5.74, 6) is -4.85. The monoisotopic (exact) mass is 400 g/mol. The third-order valence-corrected chi connectivity index (χ3v) is 4.37. The summed E-state index contributed by atoms with van der Waals surface area (Å²) in [6, 6.07) is -3.97. The van der Waals surface area contributed by atoms with Crippen molar-refractivity contribution >= 4 is 29.7 Å². The number of aliphatic carboxylic acids is 2. The molecule has 4 unspecified atom stereocenters. The first kappa shape index (κ1) is 23.3. The van der Waals surface area contributed by atoms with E-state index in [1.54, 1.807) is 13.8 Å². The third-order valence-electron chi connectivity index (χ3n) is 4.37. The molecule has 0 radical (unpaired) electrons. The lowest BCUT2D eigenvalue weighted by molar-refractivity contribution is -0.147. The molecule has 0 aromatic rings. The van der Waals surface area contributed by atoms with Crippen LogP contribution in [0.5, 0.6) is 0 Å². The van der Waals surface area contributed by atoms with Gasteiger partial charge in [-0.05, 0) is 32.2 Å². The summed E-state index contributed by atoms with van der Waals surface area (Å²) in [7, 11) is 0. The van der Waals surface area contributed by atoms with E-state index in [9.17, 15) is 24.0 Å². The van der Waals surface area contributed by atoms with E-state index in [0.717, 1.165) is 13.0 Å². The Balaban J connectivity index is 2.67. The van der Waals surface area contributed by atoms with Crippen LogP contribution in [0.15, 0.2) is 0 Å². The van der Waals surface area contributed by atoms with E-state index >= 15 is 0 Å². The number of hydrogen-bond donors (Lipinski definition) is 6. The van der Waals surface area contributed by atoms with Crippen molar-refractivity contribution in [3.8, 4) is 0 Å². The molecule has 1 heterocycles. The molecule has 4 atom stereocenters. The summed E-state index contributed by atoms with van der Waals surface area (Å²) < 4.78 is 0. The van der Waals surface area contributed by atoms with Crippen molar-refractivity contribution in [2.24, 2.45) is 5.92 Å². The first-order valence-electron chi connectivity index (χ1n) is 9.12. The topological polar surface area (TPSA) is 174 Å². The zero-order chi connectivity index (χ0) is 21.4. The summed E-state index contributed by atoms with van der Waals surface area (Å²) in [6.45, 7) is 5.55. The van der Waals surface area contributed by atoms with Gasteiger partial charge in [0.25, 0.3) is 0 Å². The Morgan fingerprint density at radius 2 is 1.64 bits per heavy atom. The summed E-state index contributed by atoms with van der Waals surface area (Å²) >= 11 is 0. The van der Waals surface area contributed by atoms with Crippen LogP contribution >= 0.6 is 0 Å². The van der Waals surface area contributed by atoms with Crippen LogP contribution in [-0.2, 0) is 24.0 Å². The average molecular weight is 400 g/mol. The van der Waals surface area contributed by atoms with E-state index in [2.05, 4.69) is 21.3 Å². The first-order valence-corrected chi connectivity index (χ1v) is 9.12. The highest BCUT2D eigenvalue weighted by molar-refractivity contribution is 5.94. The van der Waals surface area contributed by atoms with Gasteiger partial charge in [0.15, 0.2) is 0 Å². The minimum Gasteiger partial charge on any atom is -0.481 e. The molecule has 11 nitrogen and oxygen atoms in total. The van der Waals surface area contributed by atoms with Gasteiger partial charge in [0, 0.05) is 0 Å². The van der Waals surface area contributed by atoms with Crippen LogP contribution in [0.4, 0.5) is 0 Å². The minimum atomic E-state index is -1.61. The van der Waals surface area contributed by atoms with E-state index in [0.29, 0.717) is 6.42 Å². The normalized spacial score (nSPS) is 19.4. The van der Waals surface area contributed by atoms with E-state index in [1.807, 2.05) is 0 Å². The molecule has 0 saturated carbocycles. The van der Waals surface area contributed by atoms with Crippen molar-refractivity contribution in [2.45, 2.75) is 64.2 Å². The second-order valence-electron chi connectivity index (χ2n) is 7.11. The fourth-order valence-electron chi connectivity index (χ4n) is 2.74. The molecule has 158 valence electrons. The maximum absolute atomic E-state index is 12.5. The van der Waals surface area contributed by atoms with Crippen molar-refractivity contribution in [2.75, 3.05) is 6.54 Å². The Hall–Kier alpha value is -2.69. The highest BCUT2D eigenvalue weighted by atomic mass is 16.4. The predicted octanol–water partition coefficient (Wildman–Crippen LogP) is -1.57. The summed E-state index contributed by atoms with van der Waals surface area (Å²) in [5, 5.41) is 27.9. The molecular weight excluding hydrogens is 372 g/mol. The van der Waals surface area contributed by atoms with Gasteiger partial charge in [-0.3, -0.25) is 19.2 Å². The SMILES string of the molecule is CC(NC(=O)C(NC(=O)C1CCCN1)C(C)C)C(=O)NC(CC(=O)O)C(=O)O. The fourth-order valence-corrected chi connectivity index (χ4v) is 2.74. The number of rotatable bonds is 10. The number of carboxylic acid groups (broad SMARTS) is 2. The van der Waals surface area contributed by atoms with Crippen molar-refractivity contribution < 1.29 is 34.2 Å². The Morgan fingerprint density at radius 3 is 2.11 bits per heavy atom. The molecule has 0 aromatic heterocycles. The van der Waals surface area contributed by atoms with E-state index in [1.165, 1.54) is 6.92 Å². The maximum Gasteiger partial charge on any atom is 0.326 e. The van der Waals surface area contributed by atoms with Gasteiger partial charge >= 0.3 is 11.9 Å². The molecule has 1 saturated heterocycles. The van der Waals surface area contributed by atoms with Crippen molar-refractivity contribution in [1.29, 1.82) is 0 Å². The van der Waals surface area contributed by atoms with Gasteiger partial charge in [-0.2, -0.15) is 0 Å². The van der Waals surface area contributed by atoms with Crippen molar-refractivity contribution in [1.82, 2.24) is 21.3 Å². The van der Waals surface area contributed by atoms with Gasteiger partial charge in [-0.15, -0.1) is 0 Å². The Kier molecular flexibility index (Phi) is 8.83. The number of carboxylic acids is 2. The summed E-state index contributed by atoms with van der Waals surface area (Å²) in [5.41, 5.74) is 0. The van der Waals surface area contributed by atoms with Gasteiger partial charge in [0.1, 0.15) is 18.1 Å². The van der Waals surface area contributed by atoms with Crippen LogP contribution in [0.1, 0.15) is 40.0 Å². The predicted molar refractivity (Wildman–Crippen MR) is 97.2 cm³/mol. The molecule has 1 aliphatic rings. The molecular formula is C17H28N4O7. The molecule has 6 N–H and O–H groups in total. The van der Waals surface area contributed by atoms with Crippen LogP contribution in [0, 0.1) is 5.92 Å². The molecule has 0 aliphatic carbocycles. The smallest absolute Gasteiger partial charge is 0.326 e. The summed E-state index contributed by atoms with van der Waals surface area (Å²) in [6.07, 6.45) is 0.757. The number of carbonyl (C=O) groups excluding carboxylic acids is 3. The third kappa shape index (κ3) is 7.14. The lowest BCUT2D eigenvalue weighted by Crippen LogP contribution is -2.57. The van der Waals surface area contributed by atoms with Crippen molar-refractivity contribution in [3.05, 3.63) is 0 Å². The number of nitrogens with one attached hydrogen (secondary N) is 4. The lowest BCUT2D eigenvalue weighted by atomic mass is 10.0. The van der Waals surface area contributed by atoms with E-state index in [-0.39, 0.29) is 17.9 Å². The lowest BCUT2D eigenvalue weighted by Gasteiger charge is -2.25. The Bertz CT molecular complexity index is 617. The fraction of sp³-hybridized carbons (Fsp3) is 0.706. The zero-order valence-corrected chi connectivity index (χ0v) is 16.2. The van der Waals surface area contributed by atoms with Crippen LogP contribution in [0.2, 0.25) is 0 Å². The first-order chi connectivity index (χ1) is 13.0. The minimum absolute atomic E-state index is 0.251. The van der Waals surface area contributed by atoms with E-state index < -0.39 is 48.3 Å². The highest BCUT2D eigenvalue weighted by Crippen LogP contribution is 2.08. The number of hydrogen-bond acceptors (Lipinski definition) is 6. The quantitative estimate of drug-likeness (QED) is 0.255. The molecule has 28 heavy (non-hydrogen) atoms. The number of carbonyl (C=O) groups is 5. The van der Waals surface area contributed by atoms with Crippen LogP contribution in [-0.4, -0.2) is 70.6 Å². The Morgan fingerprint density at radius 1 is 1.00 bits per heavy atom. The van der Waals surface area contributed by atoms with Gasteiger partial charge in [0.2, 0.25) is 17.7 Å². The maximum atomic E-state index is 12.5. The van der Waals surface area contributed by atoms with Crippen LogP contribution in [0.25, 0.3) is 0 Å². The highest BCUT2D eigenvalue weighted by Gasteiger charge is 2.31. The molecule has 3 amide bonds. The van der Waals surface area contributed by atoms with Gasteiger partial charge in [-0.1, -0.05) is 13.8 Å². The zero-order valence-electron chi connectivity index (χ0n) is 16.2. The second kappa shape index (κ2) is 10.6. The Labute approximate surface area is 162 Å². The second-order valence-corrected chi connectivity index (χ2v) is 7.11. The van der Waals surface area contributed by atoms with Gasteiger partial charge < -0.3 is 31.5 Å². The van der Waals surface area contributed by atoms with Crippen molar-refractivity contribution in [3.63, 3.8) is 0 Å². The molecule has 1 aliphatic heterocycles. The van der Waals surface area contributed by atoms with Gasteiger partial charge in [-0.25, -0.2) is 4.79 Å².